The van der Waals surface area contributed by atoms with E-state index in [4.69, 9.17) is 27.6 Å². The molecule has 1 aliphatic rings. The number of aromatic nitrogens is 1. The minimum atomic E-state index is -1.31. The zero-order valence-corrected chi connectivity index (χ0v) is 23.5. The maximum absolute atomic E-state index is 13.2. The zero-order valence-electron chi connectivity index (χ0n) is 21.1. The Morgan fingerprint density at radius 3 is 2.75 bits per heavy atom. The lowest BCUT2D eigenvalue weighted by molar-refractivity contribution is -0.139. The average molecular weight is 600 g/mol. The first kappa shape index (κ1) is 28.0. The van der Waals surface area contributed by atoms with Gasteiger partial charge in [0.1, 0.15) is 17.9 Å². The van der Waals surface area contributed by atoms with Gasteiger partial charge in [-0.2, -0.15) is 0 Å². The van der Waals surface area contributed by atoms with Crippen LogP contribution in [0.5, 0.6) is 0 Å². The quantitative estimate of drug-likeness (QED) is 0.298. The first-order valence-electron chi connectivity index (χ1n) is 12.2. The molecule has 4 aromatic rings. The van der Waals surface area contributed by atoms with Gasteiger partial charge in [-0.25, -0.2) is 4.79 Å². The van der Waals surface area contributed by atoms with Crippen LogP contribution in [-0.4, -0.2) is 56.2 Å². The number of halogens is 2. The smallest absolute Gasteiger partial charge is 0.326 e. The van der Waals surface area contributed by atoms with Gasteiger partial charge >= 0.3 is 5.97 Å². The Balaban J connectivity index is 1.34. The van der Waals surface area contributed by atoms with Crippen LogP contribution in [-0.2, 0) is 35.4 Å². The van der Waals surface area contributed by atoms with Crippen LogP contribution in [0.15, 0.2) is 64.4 Å². The van der Waals surface area contributed by atoms with Gasteiger partial charge in [0.25, 0.3) is 11.8 Å². The van der Waals surface area contributed by atoms with Crippen LogP contribution in [0, 0.1) is 0 Å². The summed E-state index contributed by atoms with van der Waals surface area (Å²) in [5, 5.41) is 13.3. The van der Waals surface area contributed by atoms with Crippen molar-refractivity contribution in [1.29, 1.82) is 0 Å². The van der Waals surface area contributed by atoms with E-state index in [1.165, 1.54) is 18.6 Å². The molecule has 9 nitrogen and oxygen atoms in total. The largest absolute Gasteiger partial charge is 0.612 e. The van der Waals surface area contributed by atoms with Gasteiger partial charge in [-0.1, -0.05) is 29.3 Å². The lowest BCUT2D eigenvalue weighted by atomic mass is 9.95. The highest BCUT2D eigenvalue weighted by Gasteiger charge is 2.30. The third-order valence-corrected chi connectivity index (χ3v) is 8.37. The molecule has 5 rings (SSSR count). The lowest BCUT2D eigenvalue weighted by Crippen LogP contribution is -2.43. The van der Waals surface area contributed by atoms with Gasteiger partial charge in [0.2, 0.25) is 0 Å². The number of carbonyl (C=O) groups excluding carboxylic acids is 2. The van der Waals surface area contributed by atoms with E-state index in [0.29, 0.717) is 45.7 Å². The van der Waals surface area contributed by atoms with E-state index in [1.807, 2.05) is 12.1 Å². The average Bonchev–Trinajstić information content (AvgIpc) is 3.40. The first-order chi connectivity index (χ1) is 19.1. The van der Waals surface area contributed by atoms with Crippen LogP contribution in [0.1, 0.15) is 37.4 Å². The van der Waals surface area contributed by atoms with Gasteiger partial charge in [0.15, 0.2) is 4.90 Å². The number of benzene rings is 2. The third kappa shape index (κ3) is 5.66. The number of pyridine rings is 1. The molecule has 40 heavy (non-hydrogen) atoms. The fourth-order valence-corrected chi connectivity index (χ4v) is 5.99. The van der Waals surface area contributed by atoms with Crippen molar-refractivity contribution in [3.8, 4) is 0 Å². The number of fused-ring (bicyclic) bond motifs is 2. The molecule has 2 N–H and O–H groups in total. The molecule has 0 radical (unpaired) electrons. The maximum atomic E-state index is 13.2. The number of carboxylic acids is 1. The van der Waals surface area contributed by atoms with Crippen molar-refractivity contribution in [3.05, 3.63) is 92.9 Å². The van der Waals surface area contributed by atoms with Gasteiger partial charge in [-0.3, -0.25) is 14.6 Å². The number of furan rings is 1. The monoisotopic (exact) mass is 599 g/mol. The number of carbonyl (C=O) groups is 3. The van der Waals surface area contributed by atoms with Crippen molar-refractivity contribution in [3.63, 3.8) is 0 Å². The Bertz CT molecular complexity index is 1640. The summed E-state index contributed by atoms with van der Waals surface area (Å²) in [5.74, 6) is -2.17. The molecule has 2 aromatic heterocycles. The Morgan fingerprint density at radius 1 is 1.20 bits per heavy atom. The van der Waals surface area contributed by atoms with Crippen molar-refractivity contribution >= 4 is 63.1 Å². The summed E-state index contributed by atoms with van der Waals surface area (Å²) in [4.78, 5) is 44.5. The maximum Gasteiger partial charge on any atom is 0.326 e. The Morgan fingerprint density at radius 2 is 2.00 bits per heavy atom. The number of hydrogen-bond acceptors (Lipinski definition) is 6. The van der Waals surface area contributed by atoms with E-state index in [0.717, 1.165) is 5.39 Å². The number of nitrogens with one attached hydrogen (secondary N) is 1. The molecule has 0 saturated carbocycles. The highest BCUT2D eigenvalue weighted by atomic mass is 35.5. The molecular weight excluding hydrogens is 577 g/mol. The summed E-state index contributed by atoms with van der Waals surface area (Å²) in [7, 11) is 0. The predicted octanol–water partition coefficient (Wildman–Crippen LogP) is 4.50. The second kappa shape index (κ2) is 11.5. The van der Waals surface area contributed by atoms with E-state index in [9.17, 15) is 24.0 Å². The lowest BCUT2D eigenvalue weighted by Gasteiger charge is -2.30. The molecule has 1 unspecified atom stereocenters. The van der Waals surface area contributed by atoms with E-state index >= 15 is 0 Å². The van der Waals surface area contributed by atoms with E-state index in [1.54, 1.807) is 35.4 Å². The summed E-state index contributed by atoms with van der Waals surface area (Å²) in [5.41, 5.74) is 2.96. The molecule has 2 aromatic carbocycles. The summed E-state index contributed by atoms with van der Waals surface area (Å²) < 4.78 is 17.2. The number of nitrogens with zero attached hydrogens (tertiary/aromatic N) is 2. The van der Waals surface area contributed by atoms with Crippen molar-refractivity contribution in [2.75, 3.05) is 12.8 Å². The highest BCUT2D eigenvalue weighted by Crippen LogP contribution is 2.35. The fraction of sp³-hybridized carbons (Fsp3) is 0.214. The van der Waals surface area contributed by atoms with Crippen LogP contribution < -0.4 is 5.32 Å². The molecule has 0 aliphatic carbocycles. The van der Waals surface area contributed by atoms with Gasteiger partial charge in [-0.05, 0) is 64.6 Å². The van der Waals surface area contributed by atoms with Crippen molar-refractivity contribution in [2.45, 2.75) is 30.3 Å². The summed E-state index contributed by atoms with van der Waals surface area (Å²) in [6, 6.07) is 8.96. The van der Waals surface area contributed by atoms with E-state index in [2.05, 4.69) is 10.3 Å². The molecule has 0 saturated heterocycles. The van der Waals surface area contributed by atoms with Crippen LogP contribution in [0.3, 0.4) is 0 Å². The fourth-order valence-electron chi connectivity index (χ4n) is 4.70. The predicted molar refractivity (Wildman–Crippen MR) is 150 cm³/mol. The van der Waals surface area contributed by atoms with E-state index in [-0.39, 0.29) is 34.5 Å². The number of rotatable bonds is 7. The van der Waals surface area contributed by atoms with Gasteiger partial charge in [0.05, 0.1) is 28.1 Å². The molecule has 3 heterocycles. The minimum Gasteiger partial charge on any atom is -0.612 e. The first-order valence-corrected chi connectivity index (χ1v) is 14.5. The van der Waals surface area contributed by atoms with E-state index < -0.39 is 29.1 Å². The van der Waals surface area contributed by atoms with Gasteiger partial charge in [0, 0.05) is 36.7 Å². The molecule has 2 atom stereocenters. The zero-order chi connectivity index (χ0) is 28.6. The Labute approximate surface area is 242 Å². The van der Waals surface area contributed by atoms with Gasteiger partial charge < -0.3 is 24.3 Å². The van der Waals surface area contributed by atoms with Crippen molar-refractivity contribution in [1.82, 2.24) is 15.2 Å². The highest BCUT2D eigenvalue weighted by molar-refractivity contribution is 7.90. The molecule has 0 bridgehead atoms. The van der Waals surface area contributed by atoms with Crippen LogP contribution >= 0.6 is 23.2 Å². The number of aliphatic carboxylic acids is 1. The second-order valence-corrected chi connectivity index (χ2v) is 11.6. The standard InChI is InChI=1S/C28H23Cl2N3O6S/c1-40(38)19-8-15(12-31-13-19)9-22(28(36)37)32-26(34)24-21(29)10-18-14-33(6-4-20(18)25(24)30)27(35)17-3-2-16-5-7-39-23(16)11-17/h2-3,5,7-8,10-13,22H,4,6,9,14H2,1H3,(H,32,34)(H,36,37)/t22-,40?/m0/s1. The summed E-state index contributed by atoms with van der Waals surface area (Å²) >= 11 is 11.8. The van der Waals surface area contributed by atoms with Crippen LogP contribution in [0.4, 0.5) is 0 Å². The summed E-state index contributed by atoms with van der Waals surface area (Å²) in [6.45, 7) is 0.607. The molecule has 12 heteroatoms. The Kier molecular flexibility index (Phi) is 8.04. The van der Waals surface area contributed by atoms with Crippen LogP contribution in [0.25, 0.3) is 11.0 Å². The van der Waals surface area contributed by atoms with Crippen molar-refractivity contribution in [2.24, 2.45) is 0 Å². The molecule has 1 aliphatic heterocycles. The number of carboxylic acid groups (broad SMARTS) is 1. The molecule has 0 fully saturated rings. The normalized spacial score (nSPS) is 14.4. The topological polar surface area (TPSA) is 136 Å². The summed E-state index contributed by atoms with van der Waals surface area (Å²) in [6.07, 6.45) is 6.25. The second-order valence-electron chi connectivity index (χ2n) is 9.39. The van der Waals surface area contributed by atoms with Crippen LogP contribution in [0.2, 0.25) is 10.0 Å². The van der Waals surface area contributed by atoms with Crippen molar-refractivity contribution < 1.29 is 28.5 Å². The number of hydrogen-bond donors (Lipinski definition) is 2. The third-order valence-electron chi connectivity index (χ3n) is 6.77. The molecular formula is C28H23Cl2N3O6S. The number of amides is 2. The molecule has 206 valence electrons. The molecule has 0 spiro atoms. The Hall–Kier alpha value is -3.57. The minimum absolute atomic E-state index is 0.0297. The molecule has 2 amide bonds. The SMILES string of the molecule is C[S+]([O-])c1cncc(C[C@H](NC(=O)c2c(Cl)cc3c(c2Cl)CCN(C(=O)c2ccc4ccoc4c2)C3)C(=O)O)c1. The van der Waals surface area contributed by atoms with Gasteiger partial charge in [-0.15, -0.1) is 0 Å².